The lowest BCUT2D eigenvalue weighted by atomic mass is 10.2. The van der Waals surface area contributed by atoms with Crippen molar-refractivity contribution in [2.75, 3.05) is 12.0 Å². The Hall–Kier alpha value is -0.260. The smallest absolute Gasteiger partial charge is 0.204 e. The number of thioether (sulfide) groups is 1. The van der Waals surface area contributed by atoms with E-state index in [1.54, 1.807) is 18.2 Å². The van der Waals surface area contributed by atoms with E-state index in [-0.39, 0.29) is 0 Å². The second kappa shape index (κ2) is 3.96. The van der Waals surface area contributed by atoms with Crippen LogP contribution >= 0.6 is 27.7 Å². The van der Waals surface area contributed by atoms with Crippen LogP contribution in [-0.2, 0) is 9.84 Å². The molecule has 1 aliphatic rings. The summed E-state index contributed by atoms with van der Waals surface area (Å²) in [6.45, 7) is 0. The van der Waals surface area contributed by atoms with Gasteiger partial charge in [0, 0.05) is 10.2 Å². The molecule has 0 saturated carbocycles. The third-order valence-corrected chi connectivity index (χ3v) is 5.39. The fourth-order valence-corrected chi connectivity index (χ4v) is 4.49. The van der Waals surface area contributed by atoms with Gasteiger partial charge in [-0.25, -0.2) is 8.42 Å². The Morgan fingerprint density at radius 3 is 2.80 bits per heavy atom. The number of hydrogen-bond donors (Lipinski definition) is 0. The predicted octanol–water partition coefficient (Wildman–Crippen LogP) is 2.94. The second-order valence-electron chi connectivity index (χ2n) is 3.23. The summed E-state index contributed by atoms with van der Waals surface area (Å²) in [6, 6.07) is 5.24. The second-order valence-corrected chi connectivity index (χ2v) is 6.98. The van der Waals surface area contributed by atoms with Crippen LogP contribution in [0.15, 0.2) is 32.5 Å². The molecule has 2 rings (SSSR count). The molecule has 0 unspecified atom stereocenters. The van der Waals surface area contributed by atoms with E-state index in [2.05, 4.69) is 15.9 Å². The Labute approximate surface area is 102 Å². The van der Waals surface area contributed by atoms with E-state index in [9.17, 15) is 8.42 Å². The third kappa shape index (κ3) is 1.88. The third-order valence-electron chi connectivity index (χ3n) is 2.21. The molecule has 1 heterocycles. The first-order valence-electron chi connectivity index (χ1n) is 4.30. The van der Waals surface area contributed by atoms with E-state index in [0.717, 1.165) is 10.0 Å². The Kier molecular flexibility index (Phi) is 2.96. The van der Waals surface area contributed by atoms with Crippen LogP contribution in [0.4, 0.5) is 0 Å². The van der Waals surface area contributed by atoms with Gasteiger partial charge in [0.15, 0.2) is 0 Å². The molecule has 1 aliphatic heterocycles. The molecule has 0 N–H and O–H groups in total. The molecule has 0 aliphatic carbocycles. The molecule has 0 aromatic heterocycles. The molecule has 1 aromatic rings. The lowest BCUT2D eigenvalue weighted by molar-refractivity contribution is 0.603. The standard InChI is InChI=1S/C10H9BrO2S2/c1-14-6-9-5-7-4-8(11)2-3-10(7)15(9,12)13/h2-5H,6H2,1H3. The van der Waals surface area contributed by atoms with Crippen molar-refractivity contribution in [1.82, 2.24) is 0 Å². The van der Waals surface area contributed by atoms with Crippen LogP contribution in [0.5, 0.6) is 0 Å². The molecule has 0 amide bonds. The SMILES string of the molecule is CSCC1=Cc2cc(Br)ccc2S1(=O)=O. The first kappa shape index (κ1) is 11.2. The van der Waals surface area contributed by atoms with Crippen LogP contribution in [0, 0.1) is 0 Å². The largest absolute Gasteiger partial charge is 0.219 e. The minimum absolute atomic E-state index is 0.426. The molecule has 2 nitrogen and oxygen atoms in total. The quantitative estimate of drug-likeness (QED) is 0.842. The molecule has 1 aromatic carbocycles. The summed E-state index contributed by atoms with van der Waals surface area (Å²) >= 11 is 4.85. The lowest BCUT2D eigenvalue weighted by Gasteiger charge is -2.01. The van der Waals surface area contributed by atoms with Gasteiger partial charge in [-0.3, -0.25) is 0 Å². The number of sulfone groups is 1. The van der Waals surface area contributed by atoms with Gasteiger partial charge in [0.1, 0.15) is 0 Å². The highest BCUT2D eigenvalue weighted by Gasteiger charge is 2.28. The molecule has 0 saturated heterocycles. The molecule has 0 fully saturated rings. The molecule has 5 heteroatoms. The Balaban J connectivity index is 2.58. The van der Waals surface area contributed by atoms with Gasteiger partial charge in [0.2, 0.25) is 9.84 Å². The van der Waals surface area contributed by atoms with Crippen molar-refractivity contribution in [1.29, 1.82) is 0 Å². The summed E-state index contributed by atoms with van der Waals surface area (Å²) in [7, 11) is -3.21. The van der Waals surface area contributed by atoms with E-state index in [4.69, 9.17) is 0 Å². The van der Waals surface area contributed by atoms with Crippen LogP contribution in [0.25, 0.3) is 6.08 Å². The first-order chi connectivity index (χ1) is 7.05. The maximum Gasteiger partial charge on any atom is 0.204 e. The molecule has 15 heavy (non-hydrogen) atoms. The zero-order valence-corrected chi connectivity index (χ0v) is 11.2. The topological polar surface area (TPSA) is 34.1 Å². The van der Waals surface area contributed by atoms with Crippen molar-refractivity contribution in [2.45, 2.75) is 4.90 Å². The Morgan fingerprint density at radius 1 is 1.40 bits per heavy atom. The maximum absolute atomic E-state index is 12.0. The van der Waals surface area contributed by atoms with Gasteiger partial charge in [0.05, 0.1) is 9.80 Å². The van der Waals surface area contributed by atoms with Crippen LogP contribution in [0.3, 0.4) is 0 Å². The highest BCUT2D eigenvalue weighted by atomic mass is 79.9. The van der Waals surface area contributed by atoms with Gasteiger partial charge in [0.25, 0.3) is 0 Å². The van der Waals surface area contributed by atoms with Crippen molar-refractivity contribution >= 4 is 43.6 Å². The predicted molar refractivity (Wildman–Crippen MR) is 67.7 cm³/mol. The van der Waals surface area contributed by atoms with E-state index in [1.807, 2.05) is 12.3 Å². The highest BCUT2D eigenvalue weighted by Crippen LogP contribution is 2.35. The van der Waals surface area contributed by atoms with Crippen LogP contribution in [0.1, 0.15) is 5.56 Å². The van der Waals surface area contributed by atoms with Crippen molar-refractivity contribution in [3.05, 3.63) is 33.1 Å². The van der Waals surface area contributed by atoms with Gasteiger partial charge in [-0.05, 0) is 36.1 Å². The van der Waals surface area contributed by atoms with Crippen LogP contribution < -0.4 is 0 Å². The zero-order chi connectivity index (χ0) is 11.1. The van der Waals surface area contributed by atoms with E-state index < -0.39 is 9.84 Å². The number of halogens is 1. The fraction of sp³-hybridized carbons (Fsp3) is 0.200. The van der Waals surface area contributed by atoms with Gasteiger partial charge in [-0.15, -0.1) is 0 Å². The molecule has 0 radical (unpaired) electrons. The average molecular weight is 305 g/mol. The molecule has 80 valence electrons. The monoisotopic (exact) mass is 304 g/mol. The summed E-state index contributed by atoms with van der Waals surface area (Å²) in [5.74, 6) is 0.536. The average Bonchev–Trinajstić information content (AvgIpc) is 2.39. The van der Waals surface area contributed by atoms with Gasteiger partial charge >= 0.3 is 0 Å². The number of hydrogen-bond acceptors (Lipinski definition) is 3. The highest BCUT2D eigenvalue weighted by molar-refractivity contribution is 9.10. The van der Waals surface area contributed by atoms with Crippen molar-refractivity contribution in [2.24, 2.45) is 0 Å². The first-order valence-corrected chi connectivity index (χ1v) is 7.97. The van der Waals surface area contributed by atoms with Crippen molar-refractivity contribution in [3.8, 4) is 0 Å². The summed E-state index contributed by atoms with van der Waals surface area (Å²) in [5.41, 5.74) is 0.786. The lowest BCUT2D eigenvalue weighted by Crippen LogP contribution is -2.02. The minimum atomic E-state index is -3.21. The van der Waals surface area contributed by atoms with E-state index >= 15 is 0 Å². The summed E-state index contributed by atoms with van der Waals surface area (Å²) in [4.78, 5) is 0.929. The van der Waals surface area contributed by atoms with E-state index in [0.29, 0.717) is 15.6 Å². The van der Waals surface area contributed by atoms with Gasteiger partial charge in [-0.1, -0.05) is 15.9 Å². The van der Waals surface area contributed by atoms with Crippen molar-refractivity contribution in [3.63, 3.8) is 0 Å². The molecule has 0 spiro atoms. The Bertz CT molecular complexity index is 532. The van der Waals surface area contributed by atoms with Crippen LogP contribution in [-0.4, -0.2) is 20.4 Å². The number of fused-ring (bicyclic) bond motifs is 1. The molecule has 0 atom stereocenters. The summed E-state index contributed by atoms with van der Waals surface area (Å²) in [6.07, 6.45) is 3.65. The molecule has 0 bridgehead atoms. The summed E-state index contributed by atoms with van der Waals surface area (Å²) in [5, 5.41) is 0. The minimum Gasteiger partial charge on any atom is -0.219 e. The van der Waals surface area contributed by atoms with Crippen molar-refractivity contribution < 1.29 is 8.42 Å². The van der Waals surface area contributed by atoms with Gasteiger partial charge in [-0.2, -0.15) is 11.8 Å². The van der Waals surface area contributed by atoms with Crippen LogP contribution in [0.2, 0.25) is 0 Å². The number of rotatable bonds is 2. The van der Waals surface area contributed by atoms with Gasteiger partial charge < -0.3 is 0 Å². The molecular weight excluding hydrogens is 296 g/mol. The number of benzene rings is 1. The van der Waals surface area contributed by atoms with E-state index in [1.165, 1.54) is 11.8 Å². The summed E-state index contributed by atoms with van der Waals surface area (Å²) < 4.78 is 24.9. The molecular formula is C10H9BrO2S2. The normalized spacial score (nSPS) is 17.3. The maximum atomic E-state index is 12.0. The fourth-order valence-electron chi connectivity index (χ4n) is 1.53. The zero-order valence-electron chi connectivity index (χ0n) is 8.03. The Morgan fingerprint density at radius 2 is 2.13 bits per heavy atom.